The summed E-state index contributed by atoms with van der Waals surface area (Å²) in [7, 11) is 0. The Kier molecular flexibility index (Phi) is 4.15. The number of alkyl halides is 1. The third-order valence-corrected chi connectivity index (χ3v) is 3.89. The average molecular weight is 389 g/mol. The van der Waals surface area contributed by atoms with Crippen LogP contribution in [0.3, 0.4) is 0 Å². The van der Waals surface area contributed by atoms with Gasteiger partial charge in [0.2, 0.25) is 0 Å². The number of pyridine rings is 1. The number of halogens is 4. The molecule has 1 aromatic carbocycles. The van der Waals surface area contributed by atoms with Gasteiger partial charge in [-0.3, -0.25) is 4.57 Å². The van der Waals surface area contributed by atoms with Crippen LogP contribution in [0.25, 0.3) is 16.9 Å². The molecule has 3 nitrogen and oxygen atoms in total. The molecule has 0 saturated carbocycles. The van der Waals surface area contributed by atoms with Gasteiger partial charge in [0.1, 0.15) is 17.2 Å². The highest BCUT2D eigenvalue weighted by atomic mass is 79.9. The minimum absolute atomic E-state index is 0.365. The van der Waals surface area contributed by atoms with Gasteiger partial charge in [0.05, 0.1) is 10.7 Å². The number of hydrogen-bond acceptors (Lipinski definition) is 2. The van der Waals surface area contributed by atoms with E-state index in [4.69, 9.17) is 23.2 Å². The number of aromatic nitrogens is 3. The van der Waals surface area contributed by atoms with E-state index in [0.29, 0.717) is 44.5 Å². The quantitative estimate of drug-likeness (QED) is 0.605. The van der Waals surface area contributed by atoms with Gasteiger partial charge >= 0.3 is 0 Å². The Morgan fingerprint density at radius 1 is 1.29 bits per heavy atom. The van der Waals surface area contributed by atoms with Crippen molar-refractivity contribution in [1.82, 2.24) is 14.5 Å². The Morgan fingerprint density at radius 3 is 2.81 bits per heavy atom. The van der Waals surface area contributed by atoms with Gasteiger partial charge in [0.15, 0.2) is 5.65 Å². The highest BCUT2D eigenvalue weighted by Gasteiger charge is 2.16. The van der Waals surface area contributed by atoms with Crippen LogP contribution < -0.4 is 0 Å². The standard InChI is InChI=1S/C14H9BrCl2FN3/c15-8-1-2-12(10(18)5-8)21-13(3-4-16)20-11-6-9(17)7-19-14(11)21/h1-2,5-7H,3-4H2. The fourth-order valence-electron chi connectivity index (χ4n) is 2.16. The van der Waals surface area contributed by atoms with E-state index in [1.54, 1.807) is 22.8 Å². The molecule has 0 spiro atoms. The van der Waals surface area contributed by atoms with Crippen LogP contribution in [0.5, 0.6) is 0 Å². The van der Waals surface area contributed by atoms with Crippen molar-refractivity contribution in [3.05, 3.63) is 51.6 Å². The molecule has 21 heavy (non-hydrogen) atoms. The van der Waals surface area contributed by atoms with Crippen molar-refractivity contribution in [2.45, 2.75) is 6.42 Å². The molecule has 2 aromatic heterocycles. The van der Waals surface area contributed by atoms with E-state index >= 15 is 0 Å². The van der Waals surface area contributed by atoms with E-state index in [9.17, 15) is 4.39 Å². The summed E-state index contributed by atoms with van der Waals surface area (Å²) in [5, 5.41) is 0.487. The Labute approximate surface area is 138 Å². The van der Waals surface area contributed by atoms with Crippen molar-refractivity contribution < 1.29 is 4.39 Å². The van der Waals surface area contributed by atoms with E-state index in [1.807, 2.05) is 0 Å². The first-order chi connectivity index (χ1) is 10.1. The van der Waals surface area contributed by atoms with Crippen molar-refractivity contribution in [2.75, 3.05) is 5.88 Å². The lowest BCUT2D eigenvalue weighted by Crippen LogP contribution is -2.05. The fourth-order valence-corrected chi connectivity index (χ4v) is 2.81. The molecule has 0 bridgehead atoms. The molecule has 0 radical (unpaired) electrons. The van der Waals surface area contributed by atoms with E-state index in [-0.39, 0.29) is 5.82 Å². The van der Waals surface area contributed by atoms with Crippen LogP contribution in [0.15, 0.2) is 34.9 Å². The van der Waals surface area contributed by atoms with Gasteiger partial charge in [-0.15, -0.1) is 11.6 Å². The van der Waals surface area contributed by atoms with Crippen LogP contribution in [0.1, 0.15) is 5.82 Å². The average Bonchev–Trinajstić information content (AvgIpc) is 2.76. The van der Waals surface area contributed by atoms with Crippen molar-refractivity contribution in [1.29, 1.82) is 0 Å². The summed E-state index contributed by atoms with van der Waals surface area (Å²) in [5.74, 6) is 0.669. The largest absolute Gasteiger partial charge is 0.278 e. The zero-order chi connectivity index (χ0) is 15.0. The highest BCUT2D eigenvalue weighted by molar-refractivity contribution is 9.10. The normalized spacial score (nSPS) is 11.2. The smallest absolute Gasteiger partial charge is 0.164 e. The first-order valence-corrected chi connectivity index (χ1v) is 7.85. The van der Waals surface area contributed by atoms with Crippen molar-refractivity contribution in [3.63, 3.8) is 0 Å². The van der Waals surface area contributed by atoms with Gasteiger partial charge in [-0.25, -0.2) is 14.4 Å². The van der Waals surface area contributed by atoms with Crippen LogP contribution in [-0.2, 0) is 6.42 Å². The maximum absolute atomic E-state index is 14.3. The van der Waals surface area contributed by atoms with E-state index < -0.39 is 0 Å². The number of benzene rings is 1. The topological polar surface area (TPSA) is 30.7 Å². The molecule has 3 rings (SSSR count). The first kappa shape index (κ1) is 14.8. The summed E-state index contributed by atoms with van der Waals surface area (Å²) in [6, 6.07) is 6.55. The van der Waals surface area contributed by atoms with Crippen molar-refractivity contribution in [2.24, 2.45) is 0 Å². The molecule has 7 heteroatoms. The molecule has 0 aliphatic carbocycles. The number of nitrogens with zero attached hydrogens (tertiary/aromatic N) is 3. The molecule has 0 amide bonds. The van der Waals surface area contributed by atoms with Crippen LogP contribution in [0.2, 0.25) is 5.02 Å². The molecule has 0 fully saturated rings. The lowest BCUT2D eigenvalue weighted by atomic mass is 10.3. The highest BCUT2D eigenvalue weighted by Crippen LogP contribution is 2.26. The van der Waals surface area contributed by atoms with Gasteiger partial charge < -0.3 is 0 Å². The molecule has 0 aliphatic heterocycles. The maximum Gasteiger partial charge on any atom is 0.164 e. The molecular formula is C14H9BrCl2FN3. The predicted molar refractivity (Wildman–Crippen MR) is 86.0 cm³/mol. The number of imidazole rings is 1. The zero-order valence-corrected chi connectivity index (χ0v) is 13.8. The Bertz CT molecular complexity index is 819. The fraction of sp³-hybridized carbons (Fsp3) is 0.143. The number of hydrogen-bond donors (Lipinski definition) is 0. The molecule has 2 heterocycles. The summed E-state index contributed by atoms with van der Waals surface area (Å²) in [6.45, 7) is 0. The third-order valence-electron chi connectivity index (χ3n) is 3.00. The van der Waals surface area contributed by atoms with Gasteiger partial charge in [-0.1, -0.05) is 27.5 Å². The van der Waals surface area contributed by atoms with Crippen LogP contribution in [-0.4, -0.2) is 20.4 Å². The minimum atomic E-state index is -0.365. The SMILES string of the molecule is Fc1cc(Br)ccc1-n1c(CCCl)nc2cc(Cl)cnc21. The Balaban J connectivity index is 2.30. The second-order valence-corrected chi connectivity index (χ2v) is 6.12. The molecule has 108 valence electrons. The summed E-state index contributed by atoms with van der Waals surface area (Å²) in [4.78, 5) is 8.73. The molecular weight excluding hydrogens is 380 g/mol. The van der Waals surface area contributed by atoms with E-state index in [0.717, 1.165) is 0 Å². The lowest BCUT2D eigenvalue weighted by Gasteiger charge is -2.09. The second-order valence-electron chi connectivity index (χ2n) is 4.39. The van der Waals surface area contributed by atoms with Gasteiger partial charge in [-0.2, -0.15) is 0 Å². The molecule has 0 aliphatic rings. The van der Waals surface area contributed by atoms with Crippen LogP contribution >= 0.6 is 39.1 Å². The van der Waals surface area contributed by atoms with Gasteiger partial charge in [-0.05, 0) is 24.3 Å². The summed E-state index contributed by atoms with van der Waals surface area (Å²) in [5.41, 5.74) is 1.56. The summed E-state index contributed by atoms with van der Waals surface area (Å²) >= 11 is 15.0. The number of aryl methyl sites for hydroxylation is 1. The van der Waals surface area contributed by atoms with E-state index in [1.165, 1.54) is 12.3 Å². The van der Waals surface area contributed by atoms with E-state index in [2.05, 4.69) is 25.9 Å². The van der Waals surface area contributed by atoms with Gasteiger partial charge in [0, 0.05) is 23.0 Å². The Morgan fingerprint density at radius 2 is 2.10 bits per heavy atom. The molecule has 0 unspecified atom stereocenters. The minimum Gasteiger partial charge on any atom is -0.278 e. The van der Waals surface area contributed by atoms with Crippen molar-refractivity contribution >= 4 is 50.3 Å². The second kappa shape index (κ2) is 5.91. The van der Waals surface area contributed by atoms with Crippen molar-refractivity contribution in [3.8, 4) is 5.69 Å². The number of rotatable bonds is 3. The third kappa shape index (κ3) is 2.78. The van der Waals surface area contributed by atoms with Crippen LogP contribution in [0, 0.1) is 5.82 Å². The van der Waals surface area contributed by atoms with Gasteiger partial charge in [0.25, 0.3) is 0 Å². The molecule has 0 N–H and O–H groups in total. The zero-order valence-electron chi connectivity index (χ0n) is 10.7. The number of fused-ring (bicyclic) bond motifs is 1. The predicted octanol–water partition coefficient (Wildman–Crippen LogP) is 4.76. The molecule has 3 aromatic rings. The van der Waals surface area contributed by atoms with Crippen LogP contribution in [0.4, 0.5) is 4.39 Å². The monoisotopic (exact) mass is 387 g/mol. The summed E-state index contributed by atoms with van der Waals surface area (Å²) < 4.78 is 16.6. The molecule has 0 atom stereocenters. The summed E-state index contributed by atoms with van der Waals surface area (Å²) in [6.07, 6.45) is 2.02. The molecule has 0 saturated heterocycles. The maximum atomic E-state index is 14.3. The first-order valence-electron chi connectivity index (χ1n) is 6.14. The Hall–Kier alpha value is -1.17. The lowest BCUT2D eigenvalue weighted by molar-refractivity contribution is 0.615.